The lowest BCUT2D eigenvalue weighted by atomic mass is 10.7. The first-order valence-electron chi connectivity index (χ1n) is 2.64. The number of nitrogens with zero attached hydrogens (tertiary/aromatic N) is 2. The molecule has 0 amide bonds. The van der Waals surface area contributed by atoms with Crippen LogP contribution in [0.3, 0.4) is 0 Å². The van der Waals surface area contributed by atoms with E-state index in [1.807, 2.05) is 0 Å². The topological polar surface area (TPSA) is 83.3 Å². The second-order valence-corrected chi connectivity index (χ2v) is 1.42. The maximum absolute atomic E-state index is 9.39. The van der Waals surface area contributed by atoms with Gasteiger partial charge in [0.25, 0.3) is 0 Å². The lowest BCUT2D eigenvalue weighted by Crippen LogP contribution is -1.95. The Morgan fingerprint density at radius 1 is 1.00 bits per heavy atom. The van der Waals surface area contributed by atoms with Gasteiger partial charge in [-0.2, -0.15) is 0 Å². The Balaban J connectivity index is 0. The van der Waals surface area contributed by atoms with E-state index < -0.39 is 25.0 Å². The lowest BCUT2D eigenvalue weighted by Gasteiger charge is -1.68. The predicted octanol–water partition coefficient (Wildman–Crippen LogP) is -0.0194. The van der Waals surface area contributed by atoms with Crippen LogP contribution in [0.2, 0.25) is 0 Å². The number of hydrogen-bond donors (Lipinski definition) is 2. The highest BCUT2D eigenvalue weighted by Gasteiger charge is 1.93. The van der Waals surface area contributed by atoms with Crippen molar-refractivity contribution >= 4 is 11.9 Å². The Morgan fingerprint density at radius 3 is 1.25 bits per heavy atom. The molecule has 0 aliphatic carbocycles. The standard InChI is InChI=1S/2C3H3NO2/c2*1-4-2-3(5)6/h2*2H2,(H,5,6). The van der Waals surface area contributed by atoms with Gasteiger partial charge in [-0.1, -0.05) is 0 Å². The number of carboxylic acids is 2. The zero-order valence-corrected chi connectivity index (χ0v) is 6.02. The largest absolute Gasteiger partial charge is 0.476 e. The van der Waals surface area contributed by atoms with E-state index in [0.717, 1.165) is 0 Å². The van der Waals surface area contributed by atoms with Crippen molar-refractivity contribution in [1.29, 1.82) is 0 Å². The molecule has 0 saturated heterocycles. The molecule has 12 heavy (non-hydrogen) atoms. The summed E-state index contributed by atoms with van der Waals surface area (Å²) in [6.07, 6.45) is 0. The Hall–Kier alpha value is -2.08. The maximum Gasteiger partial charge on any atom is 0.384 e. The second-order valence-electron chi connectivity index (χ2n) is 1.42. The Labute approximate surface area is 68.7 Å². The molecule has 0 saturated carbocycles. The molecule has 0 aliphatic heterocycles. The molecule has 0 fully saturated rings. The minimum absolute atomic E-state index is 0.417. The predicted molar refractivity (Wildman–Crippen MR) is 38.2 cm³/mol. The van der Waals surface area contributed by atoms with Crippen molar-refractivity contribution < 1.29 is 19.8 Å². The van der Waals surface area contributed by atoms with Crippen molar-refractivity contribution in [3.8, 4) is 0 Å². The normalized spacial score (nSPS) is 6.50. The molecule has 0 bridgehead atoms. The fourth-order valence-electron chi connectivity index (χ4n) is 0.135. The molecule has 0 aromatic heterocycles. The molecule has 64 valence electrons. The van der Waals surface area contributed by atoms with Crippen LogP contribution < -0.4 is 0 Å². The van der Waals surface area contributed by atoms with E-state index in [0.29, 0.717) is 0 Å². The number of rotatable bonds is 2. The summed E-state index contributed by atoms with van der Waals surface area (Å²) < 4.78 is 0. The van der Waals surface area contributed by atoms with Crippen LogP contribution in [0.25, 0.3) is 9.69 Å². The third-order valence-electron chi connectivity index (χ3n) is 0.429. The van der Waals surface area contributed by atoms with Gasteiger partial charge in [-0.25, -0.2) is 22.7 Å². The molecular weight excluding hydrogens is 164 g/mol. The summed E-state index contributed by atoms with van der Waals surface area (Å²) in [6, 6.07) is 0. The van der Waals surface area contributed by atoms with Crippen LogP contribution in [0.5, 0.6) is 0 Å². The van der Waals surface area contributed by atoms with E-state index in [4.69, 9.17) is 23.4 Å². The van der Waals surface area contributed by atoms with E-state index in [9.17, 15) is 9.59 Å². The Morgan fingerprint density at radius 2 is 1.25 bits per heavy atom. The molecule has 0 aromatic carbocycles. The molecule has 0 spiro atoms. The van der Waals surface area contributed by atoms with Crippen LogP contribution in [-0.2, 0) is 9.59 Å². The van der Waals surface area contributed by atoms with Crippen LogP contribution in [-0.4, -0.2) is 35.2 Å². The molecule has 0 atom stereocenters. The fraction of sp³-hybridized carbons (Fsp3) is 0.333. The van der Waals surface area contributed by atoms with Gasteiger partial charge < -0.3 is 19.9 Å². The van der Waals surface area contributed by atoms with Gasteiger partial charge in [0.05, 0.1) is 0 Å². The molecule has 0 heterocycles. The van der Waals surface area contributed by atoms with Crippen molar-refractivity contribution in [1.82, 2.24) is 0 Å². The van der Waals surface area contributed by atoms with E-state index in [1.54, 1.807) is 0 Å². The summed E-state index contributed by atoms with van der Waals surface area (Å²) >= 11 is 0. The molecule has 2 N–H and O–H groups in total. The van der Waals surface area contributed by atoms with Crippen molar-refractivity contribution in [3.63, 3.8) is 0 Å². The molecule has 6 heteroatoms. The average Bonchev–Trinajstić information content (AvgIpc) is 1.87. The zero-order valence-electron chi connectivity index (χ0n) is 6.02. The van der Waals surface area contributed by atoms with Gasteiger partial charge in [-0.3, -0.25) is 0 Å². The SMILES string of the molecule is [C-]#[N+]CC(=O)O.[C-]#[N+]CC(=O)O. The smallest absolute Gasteiger partial charge is 0.384 e. The fourth-order valence-corrected chi connectivity index (χ4v) is 0.135. The quantitative estimate of drug-likeness (QED) is 0.570. The molecule has 0 rings (SSSR count). The molecule has 0 unspecified atom stereocenters. The van der Waals surface area contributed by atoms with Gasteiger partial charge in [-0.05, 0) is 0 Å². The molecule has 0 aromatic rings. The van der Waals surface area contributed by atoms with Gasteiger partial charge in [0.2, 0.25) is 0 Å². The van der Waals surface area contributed by atoms with E-state index in [-0.39, 0.29) is 0 Å². The minimum atomic E-state index is -1.06. The van der Waals surface area contributed by atoms with Crippen LogP contribution in [0.4, 0.5) is 0 Å². The maximum atomic E-state index is 9.39. The van der Waals surface area contributed by atoms with Gasteiger partial charge in [0.1, 0.15) is 0 Å². The number of aliphatic carboxylic acids is 2. The van der Waals surface area contributed by atoms with Crippen molar-refractivity contribution in [2.75, 3.05) is 13.1 Å². The monoisotopic (exact) mass is 170 g/mol. The summed E-state index contributed by atoms with van der Waals surface area (Å²) in [5, 5.41) is 15.4. The van der Waals surface area contributed by atoms with E-state index in [1.165, 1.54) is 0 Å². The molecular formula is C6H6N2O4. The highest BCUT2D eigenvalue weighted by Crippen LogP contribution is 1.62. The van der Waals surface area contributed by atoms with Crippen molar-refractivity contribution in [3.05, 3.63) is 22.8 Å². The molecule has 0 aliphatic rings. The van der Waals surface area contributed by atoms with Crippen LogP contribution in [0.1, 0.15) is 0 Å². The Bertz CT molecular complexity index is 209. The highest BCUT2D eigenvalue weighted by atomic mass is 16.4. The second kappa shape index (κ2) is 8.92. The van der Waals surface area contributed by atoms with E-state index in [2.05, 4.69) is 9.69 Å². The summed E-state index contributed by atoms with van der Waals surface area (Å²) in [5.74, 6) is -2.13. The first kappa shape index (κ1) is 12.6. The third-order valence-corrected chi connectivity index (χ3v) is 0.429. The van der Waals surface area contributed by atoms with Crippen molar-refractivity contribution in [2.24, 2.45) is 0 Å². The zero-order chi connectivity index (χ0) is 9.98. The first-order chi connectivity index (χ1) is 5.54. The van der Waals surface area contributed by atoms with Gasteiger partial charge in [-0.15, -0.1) is 0 Å². The first-order valence-corrected chi connectivity index (χ1v) is 2.64. The number of hydrogen-bond acceptors (Lipinski definition) is 2. The summed E-state index contributed by atoms with van der Waals surface area (Å²) in [7, 11) is 0. The van der Waals surface area contributed by atoms with Crippen molar-refractivity contribution in [2.45, 2.75) is 0 Å². The lowest BCUT2D eigenvalue weighted by molar-refractivity contribution is -0.135. The Kier molecular flexibility index (Phi) is 9.35. The highest BCUT2D eigenvalue weighted by molar-refractivity contribution is 5.70. The van der Waals surface area contributed by atoms with Crippen LogP contribution >= 0.6 is 0 Å². The number of carboxylic acid groups (broad SMARTS) is 2. The molecule has 6 nitrogen and oxygen atoms in total. The third kappa shape index (κ3) is 24.7. The average molecular weight is 170 g/mol. The van der Waals surface area contributed by atoms with Gasteiger partial charge in [0.15, 0.2) is 0 Å². The van der Waals surface area contributed by atoms with Crippen LogP contribution in [0, 0.1) is 13.1 Å². The summed E-state index contributed by atoms with van der Waals surface area (Å²) in [4.78, 5) is 23.9. The summed E-state index contributed by atoms with van der Waals surface area (Å²) in [6.45, 7) is 11.1. The van der Waals surface area contributed by atoms with Gasteiger partial charge >= 0.3 is 25.0 Å². The van der Waals surface area contributed by atoms with Gasteiger partial charge in [0, 0.05) is 0 Å². The summed E-state index contributed by atoms with van der Waals surface area (Å²) in [5.41, 5.74) is 0. The van der Waals surface area contributed by atoms with E-state index >= 15 is 0 Å². The minimum Gasteiger partial charge on any atom is -0.476 e. The molecule has 0 radical (unpaired) electrons. The van der Waals surface area contributed by atoms with Crippen LogP contribution in [0.15, 0.2) is 0 Å². The number of carbonyl (C=O) groups is 2.